The third-order valence-electron chi connectivity index (χ3n) is 5.13. The van der Waals surface area contributed by atoms with Crippen LogP contribution in [0.2, 0.25) is 5.02 Å². The number of hydrogen-bond acceptors (Lipinski definition) is 6. The third kappa shape index (κ3) is 4.82. The lowest BCUT2D eigenvalue weighted by Gasteiger charge is -2.10. The van der Waals surface area contributed by atoms with Crippen molar-refractivity contribution in [3.05, 3.63) is 93.1 Å². The smallest absolute Gasteiger partial charge is 0.336 e. The van der Waals surface area contributed by atoms with E-state index in [1.807, 2.05) is 13.0 Å². The van der Waals surface area contributed by atoms with E-state index in [0.29, 0.717) is 38.6 Å². The molecule has 34 heavy (non-hydrogen) atoms. The first-order chi connectivity index (χ1) is 16.4. The van der Waals surface area contributed by atoms with Crippen molar-refractivity contribution in [3.63, 3.8) is 0 Å². The first-order valence-electron chi connectivity index (χ1n) is 10.3. The zero-order valence-corrected chi connectivity index (χ0v) is 19.5. The van der Waals surface area contributed by atoms with Gasteiger partial charge in [-0.15, -0.1) is 0 Å². The minimum absolute atomic E-state index is 0.144. The van der Waals surface area contributed by atoms with Gasteiger partial charge in [-0.1, -0.05) is 29.3 Å². The molecular formula is C27H21ClO6. The van der Waals surface area contributed by atoms with Crippen LogP contribution in [0.3, 0.4) is 0 Å². The summed E-state index contributed by atoms with van der Waals surface area (Å²) < 4.78 is 22.0. The largest absolute Gasteiger partial charge is 0.493 e. The Balaban J connectivity index is 1.72. The maximum absolute atomic E-state index is 13.3. The van der Waals surface area contributed by atoms with Crippen molar-refractivity contribution < 1.29 is 23.4 Å². The fourth-order valence-corrected chi connectivity index (χ4v) is 3.56. The SMILES string of the molecule is COc1ccc(C=CC(=O)Oc2c(-c3ccc(Cl)cc3)oc3ccc(C)cc3c2=O)cc1OC. The van der Waals surface area contributed by atoms with Gasteiger partial charge in [-0.25, -0.2) is 4.79 Å². The zero-order chi connectivity index (χ0) is 24.2. The van der Waals surface area contributed by atoms with Gasteiger partial charge in [-0.05, 0) is 67.1 Å². The summed E-state index contributed by atoms with van der Waals surface area (Å²) in [5, 5.41) is 0.850. The molecule has 0 aliphatic carbocycles. The number of esters is 1. The summed E-state index contributed by atoms with van der Waals surface area (Å²) in [5.74, 6) is 0.310. The number of carbonyl (C=O) groups is 1. The van der Waals surface area contributed by atoms with Crippen molar-refractivity contribution in [1.82, 2.24) is 0 Å². The van der Waals surface area contributed by atoms with E-state index in [0.717, 1.165) is 5.56 Å². The van der Waals surface area contributed by atoms with E-state index in [1.165, 1.54) is 13.2 Å². The highest BCUT2D eigenvalue weighted by atomic mass is 35.5. The minimum atomic E-state index is -0.732. The molecule has 4 aromatic rings. The molecule has 0 aliphatic rings. The molecule has 1 heterocycles. The summed E-state index contributed by atoms with van der Waals surface area (Å²) in [5.41, 5.74) is 2.07. The van der Waals surface area contributed by atoms with Crippen molar-refractivity contribution in [2.24, 2.45) is 0 Å². The van der Waals surface area contributed by atoms with E-state index in [9.17, 15) is 9.59 Å². The first-order valence-corrected chi connectivity index (χ1v) is 10.7. The fourth-order valence-electron chi connectivity index (χ4n) is 3.43. The van der Waals surface area contributed by atoms with Crippen LogP contribution in [-0.2, 0) is 4.79 Å². The van der Waals surface area contributed by atoms with Crippen LogP contribution in [0.4, 0.5) is 0 Å². The topological polar surface area (TPSA) is 75.0 Å². The maximum atomic E-state index is 13.3. The molecule has 1 aromatic heterocycles. The van der Waals surface area contributed by atoms with Crippen molar-refractivity contribution in [3.8, 4) is 28.6 Å². The summed E-state index contributed by atoms with van der Waals surface area (Å²) in [6, 6.07) is 17.2. The lowest BCUT2D eigenvalue weighted by Crippen LogP contribution is -2.14. The van der Waals surface area contributed by atoms with Gasteiger partial charge in [-0.2, -0.15) is 0 Å². The van der Waals surface area contributed by atoms with Crippen LogP contribution < -0.4 is 19.6 Å². The van der Waals surface area contributed by atoms with E-state index >= 15 is 0 Å². The Bertz CT molecular complexity index is 1450. The predicted octanol–water partition coefficient (Wildman–Crippen LogP) is 6.06. The molecule has 3 aromatic carbocycles. The summed E-state index contributed by atoms with van der Waals surface area (Å²) in [7, 11) is 3.07. The summed E-state index contributed by atoms with van der Waals surface area (Å²) in [6.45, 7) is 1.86. The van der Waals surface area contributed by atoms with Crippen LogP contribution in [0.15, 0.2) is 76.0 Å². The van der Waals surface area contributed by atoms with Crippen LogP contribution in [0.1, 0.15) is 11.1 Å². The molecule has 0 saturated heterocycles. The van der Waals surface area contributed by atoms with Crippen LogP contribution >= 0.6 is 11.6 Å². The van der Waals surface area contributed by atoms with Crippen LogP contribution in [0, 0.1) is 6.92 Å². The van der Waals surface area contributed by atoms with E-state index < -0.39 is 11.4 Å². The Kier molecular flexibility index (Phi) is 6.70. The number of benzene rings is 3. The standard InChI is InChI=1S/C27H21ClO6/c1-16-4-11-21-20(14-16)25(30)27(26(33-21)18-7-9-19(28)10-8-18)34-24(29)13-6-17-5-12-22(31-2)23(15-17)32-3/h4-15H,1-3H3. The molecule has 0 amide bonds. The van der Waals surface area contributed by atoms with Crippen molar-refractivity contribution in [2.45, 2.75) is 6.92 Å². The third-order valence-corrected chi connectivity index (χ3v) is 5.38. The Hall–Kier alpha value is -4.03. The molecule has 0 bridgehead atoms. The fraction of sp³-hybridized carbons (Fsp3) is 0.111. The molecule has 172 valence electrons. The predicted molar refractivity (Wildman–Crippen MR) is 132 cm³/mol. The quantitative estimate of drug-likeness (QED) is 0.249. The zero-order valence-electron chi connectivity index (χ0n) is 18.8. The molecule has 0 atom stereocenters. The van der Waals surface area contributed by atoms with Crippen molar-refractivity contribution in [1.29, 1.82) is 0 Å². The average Bonchev–Trinajstić information content (AvgIpc) is 2.85. The Labute approximate surface area is 200 Å². The molecule has 7 heteroatoms. The number of hydrogen-bond donors (Lipinski definition) is 0. The molecule has 0 saturated carbocycles. The van der Waals surface area contributed by atoms with Gasteiger partial charge >= 0.3 is 5.97 Å². The molecule has 0 aliphatic heterocycles. The molecule has 4 rings (SSSR count). The first kappa shape index (κ1) is 23.1. The maximum Gasteiger partial charge on any atom is 0.336 e. The molecule has 0 unspecified atom stereocenters. The highest BCUT2D eigenvalue weighted by Gasteiger charge is 2.20. The normalized spacial score (nSPS) is 11.1. The highest BCUT2D eigenvalue weighted by Crippen LogP contribution is 2.32. The van der Waals surface area contributed by atoms with E-state index in [4.69, 9.17) is 30.2 Å². The summed E-state index contributed by atoms with van der Waals surface area (Å²) >= 11 is 6.00. The van der Waals surface area contributed by atoms with E-state index in [2.05, 4.69) is 0 Å². The average molecular weight is 477 g/mol. The van der Waals surface area contributed by atoms with Crippen LogP contribution in [0.25, 0.3) is 28.4 Å². The number of carbonyl (C=O) groups excluding carboxylic acids is 1. The van der Waals surface area contributed by atoms with E-state index in [-0.39, 0.29) is 11.5 Å². The number of aryl methyl sites for hydroxylation is 1. The Morgan fingerprint density at radius 1 is 0.941 bits per heavy atom. The number of fused-ring (bicyclic) bond motifs is 1. The minimum Gasteiger partial charge on any atom is -0.493 e. The number of rotatable bonds is 6. The second kappa shape index (κ2) is 9.85. The van der Waals surface area contributed by atoms with Gasteiger partial charge in [-0.3, -0.25) is 4.79 Å². The van der Waals surface area contributed by atoms with Gasteiger partial charge in [0.2, 0.25) is 11.2 Å². The van der Waals surface area contributed by atoms with Gasteiger partial charge in [0, 0.05) is 16.7 Å². The van der Waals surface area contributed by atoms with Gasteiger partial charge in [0.25, 0.3) is 0 Å². The van der Waals surface area contributed by atoms with Gasteiger partial charge in [0.15, 0.2) is 17.3 Å². The highest BCUT2D eigenvalue weighted by molar-refractivity contribution is 6.30. The van der Waals surface area contributed by atoms with Gasteiger partial charge in [0.05, 0.1) is 19.6 Å². The van der Waals surface area contributed by atoms with E-state index in [1.54, 1.807) is 67.8 Å². The number of methoxy groups -OCH3 is 2. The molecule has 0 spiro atoms. The van der Waals surface area contributed by atoms with Gasteiger partial charge in [0.1, 0.15) is 5.58 Å². The second-order valence-corrected chi connectivity index (χ2v) is 7.90. The summed E-state index contributed by atoms with van der Waals surface area (Å²) in [4.78, 5) is 26.0. The van der Waals surface area contributed by atoms with Crippen LogP contribution in [-0.4, -0.2) is 20.2 Å². The van der Waals surface area contributed by atoms with Crippen LogP contribution in [0.5, 0.6) is 17.2 Å². The molecule has 0 radical (unpaired) electrons. The molecule has 0 N–H and O–H groups in total. The lowest BCUT2D eigenvalue weighted by molar-refractivity contribution is -0.129. The Morgan fingerprint density at radius 3 is 2.38 bits per heavy atom. The summed E-state index contributed by atoms with van der Waals surface area (Å²) in [6.07, 6.45) is 2.78. The lowest BCUT2D eigenvalue weighted by atomic mass is 10.1. The monoisotopic (exact) mass is 476 g/mol. The number of ether oxygens (including phenoxy) is 3. The Morgan fingerprint density at radius 2 is 1.68 bits per heavy atom. The van der Waals surface area contributed by atoms with Crippen molar-refractivity contribution in [2.75, 3.05) is 14.2 Å². The second-order valence-electron chi connectivity index (χ2n) is 7.46. The molecule has 6 nitrogen and oxygen atoms in total. The van der Waals surface area contributed by atoms with Gasteiger partial charge < -0.3 is 18.6 Å². The number of halogens is 1. The molecular weight excluding hydrogens is 456 g/mol. The van der Waals surface area contributed by atoms with Crippen molar-refractivity contribution >= 4 is 34.6 Å². The molecule has 0 fully saturated rings.